The van der Waals surface area contributed by atoms with E-state index in [4.69, 9.17) is 11.6 Å². The van der Waals surface area contributed by atoms with Gasteiger partial charge in [-0.3, -0.25) is 13.9 Å². The maximum atomic E-state index is 14.0. The molecule has 3 aromatic rings. The Hall–Kier alpha value is -2.88. The molecule has 10 heteroatoms. The van der Waals surface area contributed by atoms with Gasteiger partial charge in [0.05, 0.1) is 10.6 Å². The lowest BCUT2D eigenvalue weighted by Gasteiger charge is -2.33. The summed E-state index contributed by atoms with van der Waals surface area (Å²) in [6.07, 6.45) is 5.12. The van der Waals surface area contributed by atoms with Crippen LogP contribution in [0.15, 0.2) is 88.2 Å². The number of anilines is 1. The SMILES string of the molecule is CC(C(=O)NC1CCCCC1)N(Cc1cccc(Br)c1)C(=O)CN(c1ccccc1)S(=O)(=O)c1ccc(Cl)cc1. The molecule has 1 aliphatic rings. The van der Waals surface area contributed by atoms with E-state index in [1.165, 1.54) is 29.2 Å². The first-order chi connectivity index (χ1) is 19.1. The molecule has 4 rings (SSSR count). The van der Waals surface area contributed by atoms with E-state index in [0.29, 0.717) is 10.7 Å². The molecular formula is C30H33BrClN3O4S. The summed E-state index contributed by atoms with van der Waals surface area (Å²) < 4.78 is 29.5. The largest absolute Gasteiger partial charge is 0.352 e. The van der Waals surface area contributed by atoms with Crippen LogP contribution in [0.3, 0.4) is 0 Å². The van der Waals surface area contributed by atoms with Crippen LogP contribution >= 0.6 is 27.5 Å². The topological polar surface area (TPSA) is 86.8 Å². The summed E-state index contributed by atoms with van der Waals surface area (Å²) in [5.74, 6) is -0.741. The number of benzene rings is 3. The first-order valence-electron chi connectivity index (χ1n) is 13.3. The van der Waals surface area contributed by atoms with Crippen LogP contribution in [0.2, 0.25) is 5.02 Å². The molecule has 1 fully saturated rings. The number of carbonyl (C=O) groups is 2. The van der Waals surface area contributed by atoms with Gasteiger partial charge in [0.15, 0.2) is 0 Å². The molecule has 212 valence electrons. The highest BCUT2D eigenvalue weighted by Gasteiger charge is 2.33. The van der Waals surface area contributed by atoms with Crippen molar-refractivity contribution < 1.29 is 18.0 Å². The van der Waals surface area contributed by atoms with Gasteiger partial charge in [-0.1, -0.05) is 77.1 Å². The highest BCUT2D eigenvalue weighted by Crippen LogP contribution is 2.26. The van der Waals surface area contributed by atoms with Crippen molar-refractivity contribution >= 4 is 55.1 Å². The Morgan fingerprint density at radius 3 is 2.30 bits per heavy atom. The van der Waals surface area contributed by atoms with Crippen LogP contribution in [0.25, 0.3) is 0 Å². The van der Waals surface area contributed by atoms with Crippen molar-refractivity contribution in [1.82, 2.24) is 10.2 Å². The Labute approximate surface area is 249 Å². The molecule has 1 N–H and O–H groups in total. The molecule has 0 spiro atoms. The molecule has 3 aromatic carbocycles. The van der Waals surface area contributed by atoms with Crippen LogP contribution < -0.4 is 9.62 Å². The summed E-state index contributed by atoms with van der Waals surface area (Å²) in [5.41, 5.74) is 1.15. The normalized spacial score (nSPS) is 14.8. The number of amides is 2. The molecule has 1 saturated carbocycles. The average molecular weight is 647 g/mol. The number of carbonyl (C=O) groups excluding carboxylic acids is 2. The minimum absolute atomic E-state index is 0.00943. The number of hydrogen-bond donors (Lipinski definition) is 1. The highest BCUT2D eigenvalue weighted by atomic mass is 79.9. The Balaban J connectivity index is 1.65. The van der Waals surface area contributed by atoms with Crippen LogP contribution in [0, 0.1) is 0 Å². The quantitative estimate of drug-likeness (QED) is 0.286. The van der Waals surface area contributed by atoms with Gasteiger partial charge in [-0.25, -0.2) is 8.42 Å². The molecule has 1 aliphatic carbocycles. The molecule has 0 aromatic heterocycles. The van der Waals surface area contributed by atoms with Gasteiger partial charge < -0.3 is 10.2 Å². The van der Waals surface area contributed by atoms with Crippen LogP contribution in [-0.4, -0.2) is 43.8 Å². The van der Waals surface area contributed by atoms with E-state index >= 15 is 0 Å². The number of halogens is 2. The molecule has 0 radical (unpaired) electrons. The third-order valence-corrected chi connectivity index (χ3v) is 9.62. The Morgan fingerprint density at radius 1 is 0.975 bits per heavy atom. The number of hydrogen-bond acceptors (Lipinski definition) is 4. The van der Waals surface area contributed by atoms with E-state index in [-0.39, 0.29) is 23.4 Å². The Kier molecular flexibility index (Phi) is 10.3. The smallest absolute Gasteiger partial charge is 0.264 e. The first-order valence-corrected chi connectivity index (χ1v) is 15.9. The number of sulfonamides is 1. The maximum absolute atomic E-state index is 14.0. The van der Waals surface area contributed by atoms with Crippen molar-refractivity contribution in [2.24, 2.45) is 0 Å². The minimum atomic E-state index is -4.13. The number of para-hydroxylation sites is 1. The van der Waals surface area contributed by atoms with Gasteiger partial charge in [-0.05, 0) is 73.9 Å². The molecule has 1 unspecified atom stereocenters. The average Bonchev–Trinajstić information content (AvgIpc) is 2.95. The first kappa shape index (κ1) is 30.1. The molecule has 0 bridgehead atoms. The minimum Gasteiger partial charge on any atom is -0.352 e. The third kappa shape index (κ3) is 7.65. The predicted molar refractivity (Wildman–Crippen MR) is 162 cm³/mol. The van der Waals surface area contributed by atoms with Gasteiger partial charge in [0.2, 0.25) is 11.8 Å². The molecule has 2 amide bonds. The van der Waals surface area contributed by atoms with Crippen molar-refractivity contribution in [2.75, 3.05) is 10.8 Å². The van der Waals surface area contributed by atoms with Gasteiger partial charge in [-0.2, -0.15) is 0 Å². The molecule has 0 aliphatic heterocycles. The second-order valence-corrected chi connectivity index (χ2v) is 13.2. The van der Waals surface area contributed by atoms with Gasteiger partial charge in [-0.15, -0.1) is 0 Å². The molecule has 0 saturated heterocycles. The zero-order valence-electron chi connectivity index (χ0n) is 22.3. The van der Waals surface area contributed by atoms with Crippen molar-refractivity contribution in [3.8, 4) is 0 Å². The number of nitrogens with one attached hydrogen (secondary N) is 1. The van der Waals surface area contributed by atoms with Gasteiger partial charge in [0.1, 0.15) is 12.6 Å². The lowest BCUT2D eigenvalue weighted by atomic mass is 9.95. The Bertz CT molecular complexity index is 1410. The van der Waals surface area contributed by atoms with Crippen LogP contribution in [0.5, 0.6) is 0 Å². The van der Waals surface area contributed by atoms with E-state index in [1.807, 2.05) is 24.3 Å². The lowest BCUT2D eigenvalue weighted by molar-refractivity contribution is -0.139. The van der Waals surface area contributed by atoms with Crippen LogP contribution in [0.1, 0.15) is 44.6 Å². The van der Waals surface area contributed by atoms with Crippen molar-refractivity contribution in [3.05, 3.63) is 93.9 Å². The highest BCUT2D eigenvalue weighted by molar-refractivity contribution is 9.10. The van der Waals surface area contributed by atoms with Crippen LogP contribution in [0.4, 0.5) is 5.69 Å². The monoisotopic (exact) mass is 645 g/mol. The van der Waals surface area contributed by atoms with Gasteiger partial charge in [0, 0.05) is 22.1 Å². The third-order valence-electron chi connectivity index (χ3n) is 7.09. The fraction of sp³-hybridized carbons (Fsp3) is 0.333. The fourth-order valence-electron chi connectivity index (χ4n) is 4.84. The van der Waals surface area contributed by atoms with E-state index < -0.39 is 28.5 Å². The van der Waals surface area contributed by atoms with Crippen molar-refractivity contribution in [1.29, 1.82) is 0 Å². The summed E-state index contributed by atoms with van der Waals surface area (Å²) in [7, 11) is -4.13. The zero-order chi connectivity index (χ0) is 28.7. The fourth-order valence-corrected chi connectivity index (χ4v) is 6.83. The lowest BCUT2D eigenvalue weighted by Crippen LogP contribution is -2.53. The van der Waals surface area contributed by atoms with E-state index in [1.54, 1.807) is 37.3 Å². The summed E-state index contributed by atoms with van der Waals surface area (Å²) in [5, 5.41) is 3.51. The molecular weight excluding hydrogens is 614 g/mol. The van der Waals surface area contributed by atoms with E-state index in [0.717, 1.165) is 46.4 Å². The van der Waals surface area contributed by atoms with Gasteiger partial charge in [0.25, 0.3) is 10.0 Å². The van der Waals surface area contributed by atoms with Crippen molar-refractivity contribution in [2.45, 2.75) is 62.6 Å². The summed E-state index contributed by atoms with van der Waals surface area (Å²) >= 11 is 9.47. The van der Waals surface area contributed by atoms with Crippen LogP contribution in [-0.2, 0) is 26.2 Å². The molecule has 7 nitrogen and oxygen atoms in total. The van der Waals surface area contributed by atoms with E-state index in [2.05, 4.69) is 21.2 Å². The summed E-state index contributed by atoms with van der Waals surface area (Å²) in [6.45, 7) is 1.35. The second kappa shape index (κ2) is 13.7. The summed E-state index contributed by atoms with van der Waals surface area (Å²) in [4.78, 5) is 28.8. The second-order valence-electron chi connectivity index (χ2n) is 9.97. The predicted octanol–water partition coefficient (Wildman–Crippen LogP) is 6.16. The summed E-state index contributed by atoms with van der Waals surface area (Å²) in [6, 6.07) is 21.0. The number of rotatable bonds is 10. The molecule has 40 heavy (non-hydrogen) atoms. The number of nitrogens with zero attached hydrogens (tertiary/aromatic N) is 2. The Morgan fingerprint density at radius 2 is 1.65 bits per heavy atom. The zero-order valence-corrected chi connectivity index (χ0v) is 25.5. The molecule has 1 atom stereocenters. The molecule has 0 heterocycles. The van der Waals surface area contributed by atoms with E-state index in [9.17, 15) is 18.0 Å². The maximum Gasteiger partial charge on any atom is 0.264 e. The van der Waals surface area contributed by atoms with Crippen molar-refractivity contribution in [3.63, 3.8) is 0 Å². The van der Waals surface area contributed by atoms with Gasteiger partial charge >= 0.3 is 0 Å². The standard InChI is InChI=1S/C30H33BrClN3O4S/c1-22(30(37)33-26-11-4-2-5-12-26)34(20-23-9-8-10-24(31)19-23)29(36)21-35(27-13-6-3-7-14-27)40(38,39)28-17-15-25(32)16-18-28/h3,6-10,13-19,22,26H,2,4-5,11-12,20-21H2,1H3,(H,33,37).